The summed E-state index contributed by atoms with van der Waals surface area (Å²) in [7, 11) is 1.27. The summed E-state index contributed by atoms with van der Waals surface area (Å²) in [6, 6.07) is 12.1. The van der Waals surface area contributed by atoms with Gasteiger partial charge in [-0.25, -0.2) is 9.65 Å². The Labute approximate surface area is 140 Å². The predicted molar refractivity (Wildman–Crippen MR) is 91.8 cm³/mol. The van der Waals surface area contributed by atoms with Crippen LogP contribution in [0.3, 0.4) is 0 Å². The van der Waals surface area contributed by atoms with Crippen molar-refractivity contribution in [1.82, 2.24) is 5.09 Å². The molecule has 2 rings (SSSR count). The van der Waals surface area contributed by atoms with Crippen LogP contribution >= 0.6 is 18.1 Å². The molecule has 2 atom stereocenters. The van der Waals surface area contributed by atoms with Crippen LogP contribution in [-0.4, -0.2) is 19.1 Å². The molecule has 0 aliphatic rings. The third-order valence-electron chi connectivity index (χ3n) is 3.38. The Morgan fingerprint density at radius 1 is 1.17 bits per heavy atom. The van der Waals surface area contributed by atoms with Crippen LogP contribution in [0.2, 0.25) is 0 Å². The fourth-order valence-corrected chi connectivity index (χ4v) is 3.93. The number of rotatable bonds is 6. The third-order valence-corrected chi connectivity index (χ3v) is 4.90. The van der Waals surface area contributed by atoms with Crippen molar-refractivity contribution in [2.45, 2.75) is 19.9 Å². The summed E-state index contributed by atoms with van der Waals surface area (Å²) < 4.78 is 22.8. The Morgan fingerprint density at radius 2 is 1.83 bits per heavy atom. The molecule has 0 heterocycles. The summed E-state index contributed by atoms with van der Waals surface area (Å²) in [5.74, 6) is -0.311. The maximum atomic E-state index is 12.6. The van der Waals surface area contributed by atoms with Crippen LogP contribution < -0.4 is 9.61 Å². The zero-order valence-corrected chi connectivity index (χ0v) is 14.8. The minimum Gasteiger partial charge on any atom is -0.468 e. The number of methoxy groups -OCH3 is 1. The van der Waals surface area contributed by atoms with Gasteiger partial charge in [-0.15, -0.1) is 0 Å². The zero-order valence-electron chi connectivity index (χ0n) is 13.2. The molecule has 0 saturated heterocycles. The summed E-state index contributed by atoms with van der Waals surface area (Å²) in [6.45, 7) is -0.184. The molecule has 0 radical (unpaired) electrons. The molecule has 0 saturated carbocycles. The fraction of sp³-hybridized carbons (Fsp3) is 0.312. The van der Waals surface area contributed by atoms with Gasteiger partial charge in [-0.3, -0.25) is 4.79 Å². The number of benzene rings is 2. The lowest BCUT2D eigenvalue weighted by atomic mass is 10.1. The molecule has 0 aliphatic heterocycles. The monoisotopic (exact) mass is 355 g/mol. The number of carbonyl (C=O) groups is 1. The first kappa shape index (κ1) is 17.8. The fourth-order valence-electron chi connectivity index (χ4n) is 2.20. The smallest absolute Gasteiger partial charge is 0.409 e. The van der Waals surface area contributed by atoms with Crippen LogP contribution in [0.1, 0.15) is 13.8 Å². The number of ether oxygens (including phenoxy) is 1. The maximum Gasteiger partial charge on any atom is 0.409 e. The molecule has 2 aromatic carbocycles. The van der Waals surface area contributed by atoms with Crippen molar-refractivity contribution in [2.75, 3.05) is 7.11 Å². The number of hydrogen-bond donors (Lipinski definition) is 1. The van der Waals surface area contributed by atoms with E-state index in [0.717, 1.165) is 10.8 Å². The van der Waals surface area contributed by atoms with E-state index < -0.39 is 18.9 Å². The quantitative estimate of drug-likeness (QED) is 0.616. The molecule has 124 valence electrons. The van der Waals surface area contributed by atoms with E-state index >= 15 is 0 Å². The molecule has 0 amide bonds. The predicted octanol–water partition coefficient (Wildman–Crippen LogP) is 4.35. The molecule has 0 aliphatic carbocycles. The summed E-state index contributed by atoms with van der Waals surface area (Å²) in [5.41, 5.74) is 0. The van der Waals surface area contributed by atoms with Gasteiger partial charge in [0.25, 0.3) is 0 Å². The van der Waals surface area contributed by atoms with Crippen LogP contribution in [0.5, 0.6) is 5.75 Å². The summed E-state index contributed by atoms with van der Waals surface area (Å²) in [6.07, 6.45) is 0. The molecule has 1 N–H and O–H groups in total. The first-order valence-corrected chi connectivity index (χ1v) is 9.69. The highest BCUT2D eigenvalue weighted by Crippen LogP contribution is 2.50. The summed E-state index contributed by atoms with van der Waals surface area (Å²) >= 11 is 6.03. The number of fused-ring (bicyclic) bond motifs is 1. The van der Waals surface area contributed by atoms with Gasteiger partial charge in [-0.05, 0) is 17.4 Å². The topological polar surface area (TPSA) is 64.6 Å². The number of nitrogens with one attached hydrogen (secondary N) is 1. The Morgan fingerprint density at radius 3 is 2.48 bits per heavy atom. The highest BCUT2D eigenvalue weighted by Gasteiger charge is 2.33. The Kier molecular flexibility index (Phi) is 5.69. The second-order valence-corrected chi connectivity index (χ2v) is 8.16. The largest absolute Gasteiger partial charge is 0.468 e. The van der Waals surface area contributed by atoms with Gasteiger partial charge in [0.2, 0.25) is 0 Å². The molecule has 7 heteroatoms. The van der Waals surface area contributed by atoms with Gasteiger partial charge < -0.3 is 9.26 Å². The molecular formula is C16H19ClNO4P. The normalized spacial score (nSPS) is 15.2. The average molecular weight is 356 g/mol. The van der Waals surface area contributed by atoms with E-state index in [1.54, 1.807) is 26.0 Å². The lowest BCUT2D eigenvalue weighted by molar-refractivity contribution is -0.143. The number of carbonyl (C=O) groups excluding carboxylic acids is 1. The van der Waals surface area contributed by atoms with E-state index in [9.17, 15) is 9.36 Å². The molecule has 5 nitrogen and oxygen atoms in total. The average Bonchev–Trinajstić information content (AvgIpc) is 2.52. The first-order valence-electron chi connectivity index (χ1n) is 7.17. The van der Waals surface area contributed by atoms with Crippen LogP contribution in [0.25, 0.3) is 10.8 Å². The van der Waals surface area contributed by atoms with E-state index in [1.165, 1.54) is 7.11 Å². The van der Waals surface area contributed by atoms with Crippen molar-refractivity contribution in [3.05, 3.63) is 42.5 Å². The lowest BCUT2D eigenvalue weighted by Gasteiger charge is -2.23. The highest BCUT2D eigenvalue weighted by atomic mass is 35.7. The molecule has 23 heavy (non-hydrogen) atoms. The Hall–Kier alpha value is -1.55. The second-order valence-electron chi connectivity index (χ2n) is 5.42. The molecule has 0 spiro atoms. The van der Waals surface area contributed by atoms with Gasteiger partial charge in [0.1, 0.15) is 11.8 Å². The van der Waals surface area contributed by atoms with Crippen LogP contribution in [0.4, 0.5) is 0 Å². The third kappa shape index (κ3) is 4.47. The van der Waals surface area contributed by atoms with Crippen molar-refractivity contribution in [1.29, 1.82) is 0 Å². The number of hydrogen-bond acceptors (Lipinski definition) is 4. The molecule has 2 aromatic rings. The minimum absolute atomic E-state index is 0.161. The van der Waals surface area contributed by atoms with Gasteiger partial charge in [-0.2, -0.15) is 0 Å². The second kappa shape index (κ2) is 7.35. The zero-order chi connectivity index (χ0) is 17.0. The number of esters is 1. The standard InChI is InChI=1S/C16H19ClNO4P/c1-11(2)15(16(19)21-3)18-23(17,20)22-14-10-6-8-12-7-4-5-9-13(12)14/h4-11,15H,1-3H3,(H,18,20). The lowest BCUT2D eigenvalue weighted by Crippen LogP contribution is -2.39. The minimum atomic E-state index is -3.77. The molecule has 0 bridgehead atoms. The summed E-state index contributed by atoms with van der Waals surface area (Å²) in [5, 5.41) is 4.31. The SMILES string of the molecule is COC(=O)C(NP(=O)(Cl)Oc1cccc2ccccc12)C(C)C. The van der Waals surface area contributed by atoms with Gasteiger partial charge >= 0.3 is 12.8 Å². The Balaban J connectivity index is 2.26. The molecule has 2 unspecified atom stereocenters. The van der Waals surface area contributed by atoms with E-state index in [2.05, 4.69) is 5.09 Å². The van der Waals surface area contributed by atoms with E-state index in [1.807, 2.05) is 30.3 Å². The van der Waals surface area contributed by atoms with Crippen molar-refractivity contribution in [3.63, 3.8) is 0 Å². The first-order chi connectivity index (χ1) is 10.8. The van der Waals surface area contributed by atoms with Crippen molar-refractivity contribution in [2.24, 2.45) is 5.92 Å². The Bertz CT molecular complexity index is 744. The van der Waals surface area contributed by atoms with E-state index in [-0.39, 0.29) is 5.92 Å². The molecule has 0 aromatic heterocycles. The van der Waals surface area contributed by atoms with Gasteiger partial charge in [0, 0.05) is 16.6 Å². The van der Waals surface area contributed by atoms with Gasteiger partial charge in [-0.1, -0.05) is 50.2 Å². The molecule has 0 fully saturated rings. The number of halogens is 1. The molecular weight excluding hydrogens is 337 g/mol. The highest BCUT2D eigenvalue weighted by molar-refractivity contribution is 7.84. The van der Waals surface area contributed by atoms with Crippen molar-refractivity contribution >= 4 is 34.9 Å². The van der Waals surface area contributed by atoms with Crippen LogP contribution in [-0.2, 0) is 14.1 Å². The van der Waals surface area contributed by atoms with Gasteiger partial charge in [0.15, 0.2) is 0 Å². The van der Waals surface area contributed by atoms with E-state index in [0.29, 0.717) is 5.75 Å². The maximum absolute atomic E-state index is 12.6. The van der Waals surface area contributed by atoms with Gasteiger partial charge in [0.05, 0.1) is 7.11 Å². The van der Waals surface area contributed by atoms with Crippen molar-refractivity contribution in [3.8, 4) is 5.75 Å². The summed E-state index contributed by atoms with van der Waals surface area (Å²) in [4.78, 5) is 11.8. The van der Waals surface area contributed by atoms with Crippen LogP contribution in [0.15, 0.2) is 42.5 Å². The van der Waals surface area contributed by atoms with Crippen molar-refractivity contribution < 1.29 is 18.6 Å². The van der Waals surface area contributed by atoms with Crippen LogP contribution in [0, 0.1) is 5.92 Å². The van der Waals surface area contributed by atoms with E-state index in [4.69, 9.17) is 20.5 Å².